The molecule has 0 unspecified atom stereocenters. The highest BCUT2D eigenvalue weighted by atomic mass is 35.5. The van der Waals surface area contributed by atoms with Crippen LogP contribution in [0.1, 0.15) is 12.6 Å². The molecular weight excluding hydrogens is 150 g/mol. The molecule has 0 aliphatic rings. The van der Waals surface area contributed by atoms with Gasteiger partial charge in [0.1, 0.15) is 0 Å². The highest BCUT2D eigenvalue weighted by Crippen LogP contribution is 2.12. The molecule has 54 valence electrons. The molecule has 10 heavy (non-hydrogen) atoms. The molecule has 0 fully saturated rings. The highest BCUT2D eigenvalue weighted by Gasteiger charge is 1.99. The van der Waals surface area contributed by atoms with E-state index >= 15 is 0 Å². The van der Waals surface area contributed by atoms with E-state index in [-0.39, 0.29) is 5.95 Å². The van der Waals surface area contributed by atoms with Gasteiger partial charge >= 0.3 is 0 Å². The minimum Gasteiger partial charge on any atom is -0.368 e. The number of nitrogens with zero attached hydrogens (tertiary/aromatic N) is 2. The summed E-state index contributed by atoms with van der Waals surface area (Å²) in [6.45, 7) is 1.97. The highest BCUT2D eigenvalue weighted by molar-refractivity contribution is 6.31. The lowest BCUT2D eigenvalue weighted by Gasteiger charge is -1.98. The summed E-state index contributed by atoms with van der Waals surface area (Å²) in [6.07, 6.45) is 2.30. The van der Waals surface area contributed by atoms with Gasteiger partial charge in [-0.1, -0.05) is 18.5 Å². The van der Waals surface area contributed by atoms with Crippen molar-refractivity contribution in [3.8, 4) is 0 Å². The molecule has 3 nitrogen and oxygen atoms in total. The van der Waals surface area contributed by atoms with E-state index in [9.17, 15) is 0 Å². The molecule has 1 rings (SSSR count). The predicted molar refractivity (Wildman–Crippen MR) is 40.8 cm³/mol. The normalized spacial score (nSPS) is 9.80. The third-order valence-corrected chi connectivity index (χ3v) is 1.49. The first-order valence-electron chi connectivity index (χ1n) is 3.01. The van der Waals surface area contributed by atoms with Crippen molar-refractivity contribution in [2.24, 2.45) is 0 Å². The van der Waals surface area contributed by atoms with Gasteiger partial charge in [-0.15, -0.1) is 0 Å². The first kappa shape index (κ1) is 7.28. The summed E-state index contributed by atoms with van der Waals surface area (Å²) < 4.78 is 0. The molecule has 1 aromatic heterocycles. The topological polar surface area (TPSA) is 51.8 Å². The van der Waals surface area contributed by atoms with Crippen molar-refractivity contribution in [3.63, 3.8) is 0 Å². The first-order valence-corrected chi connectivity index (χ1v) is 3.38. The van der Waals surface area contributed by atoms with Crippen LogP contribution in [0.3, 0.4) is 0 Å². The summed E-state index contributed by atoms with van der Waals surface area (Å²) in [5.41, 5.74) is 6.12. The third-order valence-electron chi connectivity index (χ3n) is 1.17. The summed E-state index contributed by atoms with van der Waals surface area (Å²) in [5.74, 6) is 0.279. The SMILES string of the molecule is CCc1nc(N)ncc1Cl. The maximum atomic E-state index is 5.72. The van der Waals surface area contributed by atoms with Crippen molar-refractivity contribution >= 4 is 17.5 Å². The van der Waals surface area contributed by atoms with Crippen LogP contribution in [-0.4, -0.2) is 9.97 Å². The van der Waals surface area contributed by atoms with Crippen molar-refractivity contribution in [1.29, 1.82) is 0 Å². The van der Waals surface area contributed by atoms with Gasteiger partial charge in [-0.05, 0) is 6.42 Å². The zero-order valence-corrected chi connectivity index (χ0v) is 6.39. The van der Waals surface area contributed by atoms with E-state index < -0.39 is 0 Å². The van der Waals surface area contributed by atoms with Crippen molar-refractivity contribution in [3.05, 3.63) is 16.9 Å². The Labute approximate surface area is 64.2 Å². The van der Waals surface area contributed by atoms with Crippen LogP contribution in [-0.2, 0) is 6.42 Å². The Morgan fingerprint density at radius 3 is 2.90 bits per heavy atom. The largest absolute Gasteiger partial charge is 0.368 e. The number of anilines is 1. The van der Waals surface area contributed by atoms with E-state index in [0.29, 0.717) is 5.02 Å². The minimum absolute atomic E-state index is 0.279. The average Bonchev–Trinajstić information content (AvgIpc) is 1.94. The van der Waals surface area contributed by atoms with E-state index in [1.165, 1.54) is 6.20 Å². The number of nitrogens with two attached hydrogens (primary N) is 1. The second-order valence-corrected chi connectivity index (χ2v) is 2.28. The Bertz CT molecular complexity index is 236. The van der Waals surface area contributed by atoms with Gasteiger partial charge in [0.05, 0.1) is 16.9 Å². The van der Waals surface area contributed by atoms with Crippen LogP contribution < -0.4 is 5.73 Å². The molecule has 0 aliphatic heterocycles. The molecule has 1 aromatic rings. The van der Waals surface area contributed by atoms with Crippen LogP contribution in [0.25, 0.3) is 0 Å². The summed E-state index contributed by atoms with van der Waals surface area (Å²) in [6, 6.07) is 0. The fourth-order valence-electron chi connectivity index (χ4n) is 0.666. The number of halogens is 1. The quantitative estimate of drug-likeness (QED) is 0.668. The number of aromatic nitrogens is 2. The Morgan fingerprint density at radius 2 is 2.40 bits per heavy atom. The molecule has 0 aliphatic carbocycles. The van der Waals surface area contributed by atoms with Crippen LogP contribution in [0.5, 0.6) is 0 Å². The molecular formula is C6H8ClN3. The maximum Gasteiger partial charge on any atom is 0.220 e. The second-order valence-electron chi connectivity index (χ2n) is 1.88. The summed E-state index contributed by atoms with van der Waals surface area (Å²) in [7, 11) is 0. The molecule has 1 heterocycles. The maximum absolute atomic E-state index is 5.72. The van der Waals surface area contributed by atoms with Crippen LogP contribution in [0.4, 0.5) is 5.95 Å². The number of nitrogen functional groups attached to an aromatic ring is 1. The number of aryl methyl sites for hydroxylation is 1. The van der Waals surface area contributed by atoms with Crippen molar-refractivity contribution in [1.82, 2.24) is 9.97 Å². The third kappa shape index (κ3) is 1.36. The van der Waals surface area contributed by atoms with Gasteiger partial charge in [-0.25, -0.2) is 9.97 Å². The van der Waals surface area contributed by atoms with Crippen molar-refractivity contribution in [2.75, 3.05) is 5.73 Å². The van der Waals surface area contributed by atoms with Crippen molar-refractivity contribution in [2.45, 2.75) is 13.3 Å². The van der Waals surface area contributed by atoms with E-state index in [0.717, 1.165) is 12.1 Å². The average molecular weight is 158 g/mol. The van der Waals surface area contributed by atoms with Gasteiger partial charge in [0.2, 0.25) is 5.95 Å². The molecule has 0 radical (unpaired) electrons. The van der Waals surface area contributed by atoms with Gasteiger partial charge in [0, 0.05) is 0 Å². The molecule has 0 saturated carbocycles. The number of hydrogen-bond acceptors (Lipinski definition) is 3. The Balaban J connectivity index is 3.09. The molecule has 0 saturated heterocycles. The van der Waals surface area contributed by atoms with Gasteiger partial charge in [0.15, 0.2) is 0 Å². The lowest BCUT2D eigenvalue weighted by molar-refractivity contribution is 1.01. The van der Waals surface area contributed by atoms with Crippen LogP contribution in [0, 0.1) is 0 Å². The molecule has 2 N–H and O–H groups in total. The molecule has 0 spiro atoms. The van der Waals surface area contributed by atoms with Crippen LogP contribution in [0.15, 0.2) is 6.20 Å². The monoisotopic (exact) mass is 157 g/mol. The Morgan fingerprint density at radius 1 is 1.70 bits per heavy atom. The van der Waals surface area contributed by atoms with E-state index in [4.69, 9.17) is 17.3 Å². The van der Waals surface area contributed by atoms with Gasteiger partial charge in [-0.3, -0.25) is 0 Å². The van der Waals surface area contributed by atoms with E-state index in [1.54, 1.807) is 0 Å². The molecule has 0 amide bonds. The fraction of sp³-hybridized carbons (Fsp3) is 0.333. The lowest BCUT2D eigenvalue weighted by atomic mass is 10.3. The van der Waals surface area contributed by atoms with Crippen molar-refractivity contribution < 1.29 is 0 Å². The summed E-state index contributed by atoms with van der Waals surface area (Å²) >= 11 is 5.72. The Hall–Kier alpha value is -0.830. The number of hydrogen-bond donors (Lipinski definition) is 1. The first-order chi connectivity index (χ1) is 4.74. The van der Waals surface area contributed by atoms with E-state index in [2.05, 4.69) is 9.97 Å². The Kier molecular flexibility index (Phi) is 2.06. The van der Waals surface area contributed by atoms with Gasteiger partial charge in [0.25, 0.3) is 0 Å². The summed E-state index contributed by atoms with van der Waals surface area (Å²) in [5, 5.41) is 0.580. The zero-order chi connectivity index (χ0) is 7.56. The fourth-order valence-corrected chi connectivity index (χ4v) is 0.890. The van der Waals surface area contributed by atoms with Gasteiger partial charge in [-0.2, -0.15) is 0 Å². The van der Waals surface area contributed by atoms with Crippen LogP contribution >= 0.6 is 11.6 Å². The molecule has 0 bridgehead atoms. The molecule has 0 aromatic carbocycles. The molecule has 4 heteroatoms. The molecule has 0 atom stereocenters. The predicted octanol–water partition coefficient (Wildman–Crippen LogP) is 1.27. The standard InChI is InChI=1S/C6H8ClN3/c1-2-5-4(7)3-9-6(8)10-5/h3H,2H2,1H3,(H2,8,9,10). The summed E-state index contributed by atoms with van der Waals surface area (Å²) in [4.78, 5) is 7.65. The lowest BCUT2D eigenvalue weighted by Crippen LogP contribution is -1.98. The van der Waals surface area contributed by atoms with E-state index in [1.807, 2.05) is 6.92 Å². The van der Waals surface area contributed by atoms with Gasteiger partial charge < -0.3 is 5.73 Å². The second kappa shape index (κ2) is 2.84. The zero-order valence-electron chi connectivity index (χ0n) is 5.63. The number of rotatable bonds is 1. The minimum atomic E-state index is 0.279. The van der Waals surface area contributed by atoms with Crippen LogP contribution in [0.2, 0.25) is 5.02 Å². The smallest absolute Gasteiger partial charge is 0.220 e.